The van der Waals surface area contributed by atoms with Gasteiger partial charge in [0.15, 0.2) is 0 Å². The zero-order valence-corrected chi connectivity index (χ0v) is 25.4. The van der Waals surface area contributed by atoms with Crippen LogP contribution in [0.4, 0.5) is 16.2 Å². The van der Waals surface area contributed by atoms with Gasteiger partial charge < -0.3 is 26.0 Å². The summed E-state index contributed by atoms with van der Waals surface area (Å²) in [5.41, 5.74) is 4.57. The number of nitrogens with zero attached hydrogens (tertiary/aromatic N) is 2. The highest BCUT2D eigenvalue weighted by Crippen LogP contribution is 2.34. The van der Waals surface area contributed by atoms with Crippen molar-refractivity contribution in [3.8, 4) is 11.1 Å². The van der Waals surface area contributed by atoms with Gasteiger partial charge in [-0.25, -0.2) is 4.79 Å². The second kappa shape index (κ2) is 15.3. The normalized spacial score (nSPS) is 11.6. The quantitative estimate of drug-likeness (QED) is 0.123. The Hall–Kier alpha value is -4.99. The van der Waals surface area contributed by atoms with E-state index in [-0.39, 0.29) is 11.8 Å². The van der Waals surface area contributed by atoms with Crippen LogP contribution in [0.3, 0.4) is 0 Å². The number of nitrogens with one attached hydrogen (secondary N) is 4. The summed E-state index contributed by atoms with van der Waals surface area (Å²) in [6, 6.07) is 18.7. The number of para-hydroxylation sites is 1. The Labute approximate surface area is 253 Å². The molecule has 0 saturated heterocycles. The van der Waals surface area contributed by atoms with Crippen molar-refractivity contribution in [3.63, 3.8) is 0 Å². The summed E-state index contributed by atoms with van der Waals surface area (Å²) < 4.78 is 5.20. The molecule has 3 aromatic rings. The number of hydrogen-bond donors (Lipinski definition) is 4. The molecule has 0 spiro atoms. The predicted octanol–water partition coefficient (Wildman–Crippen LogP) is 5.70. The first-order valence-corrected chi connectivity index (χ1v) is 14.1. The molecule has 1 heterocycles. The highest BCUT2D eigenvalue weighted by Gasteiger charge is 2.18. The summed E-state index contributed by atoms with van der Waals surface area (Å²) >= 11 is 0. The molecular weight excluding hydrogens is 544 g/mol. The molecule has 0 atom stereocenters. The van der Waals surface area contributed by atoms with Gasteiger partial charge in [-0.05, 0) is 83.1 Å². The molecule has 0 saturated carbocycles. The van der Waals surface area contributed by atoms with E-state index in [0.29, 0.717) is 54.1 Å². The van der Waals surface area contributed by atoms with Crippen LogP contribution in [0.1, 0.15) is 56.6 Å². The Bertz CT molecular complexity index is 1460. The number of carbonyl (C=O) groups is 3. The highest BCUT2D eigenvalue weighted by atomic mass is 16.6. The van der Waals surface area contributed by atoms with Crippen LogP contribution in [0, 0.1) is 0 Å². The second-order valence-corrected chi connectivity index (χ2v) is 10.8. The molecule has 10 heteroatoms. The molecule has 43 heavy (non-hydrogen) atoms. The third kappa shape index (κ3) is 9.81. The number of pyridine rings is 1. The first-order valence-electron chi connectivity index (χ1n) is 14.1. The van der Waals surface area contributed by atoms with Crippen molar-refractivity contribution in [2.45, 2.75) is 46.1 Å². The van der Waals surface area contributed by atoms with Crippen molar-refractivity contribution in [2.75, 3.05) is 25.5 Å². The molecular formula is C33H40N6O4. The summed E-state index contributed by atoms with van der Waals surface area (Å²) in [4.78, 5) is 45.5. The fourth-order valence-corrected chi connectivity index (χ4v) is 4.13. The van der Waals surface area contributed by atoms with E-state index in [1.807, 2.05) is 75.4 Å². The zero-order valence-electron chi connectivity index (χ0n) is 25.4. The van der Waals surface area contributed by atoms with Crippen LogP contribution in [0.25, 0.3) is 16.8 Å². The monoisotopic (exact) mass is 584 g/mol. The fourth-order valence-electron chi connectivity index (χ4n) is 4.13. The third-order valence-electron chi connectivity index (χ3n) is 6.31. The van der Waals surface area contributed by atoms with E-state index in [1.54, 1.807) is 26.2 Å². The Balaban J connectivity index is 1.70. The molecule has 0 radical (unpaired) electrons. The maximum absolute atomic E-state index is 12.6. The lowest BCUT2D eigenvalue weighted by Crippen LogP contribution is -2.33. The van der Waals surface area contributed by atoms with Crippen LogP contribution in [-0.4, -0.2) is 55.3 Å². The highest BCUT2D eigenvalue weighted by molar-refractivity contribution is 6.04. The minimum Gasteiger partial charge on any atom is -0.444 e. The van der Waals surface area contributed by atoms with Gasteiger partial charge in [-0.15, -0.1) is 0 Å². The zero-order chi connectivity index (χ0) is 31.4. The lowest BCUT2D eigenvalue weighted by atomic mass is 9.98. The Morgan fingerprint density at radius 3 is 2.21 bits per heavy atom. The number of unbranched alkanes of at least 4 members (excludes halogenated alkanes) is 1. The van der Waals surface area contributed by atoms with Crippen LogP contribution < -0.4 is 21.3 Å². The minimum atomic E-state index is -0.541. The van der Waals surface area contributed by atoms with Crippen LogP contribution in [0.15, 0.2) is 77.4 Å². The summed E-state index contributed by atoms with van der Waals surface area (Å²) in [5.74, 6) is -0.507. The molecule has 0 aliphatic heterocycles. The molecule has 226 valence electrons. The molecule has 0 bridgehead atoms. The summed E-state index contributed by atoms with van der Waals surface area (Å²) in [6.07, 6.45) is 2.57. The lowest BCUT2D eigenvalue weighted by molar-refractivity contribution is -0.116. The van der Waals surface area contributed by atoms with E-state index < -0.39 is 11.7 Å². The predicted molar refractivity (Wildman–Crippen MR) is 171 cm³/mol. The summed E-state index contributed by atoms with van der Waals surface area (Å²) in [7, 11) is 1.59. The minimum absolute atomic E-state index is 0.227. The van der Waals surface area contributed by atoms with Gasteiger partial charge >= 0.3 is 6.09 Å². The molecule has 10 nitrogen and oxygen atoms in total. The van der Waals surface area contributed by atoms with Crippen molar-refractivity contribution in [1.82, 2.24) is 20.9 Å². The van der Waals surface area contributed by atoms with Gasteiger partial charge in [0.1, 0.15) is 11.3 Å². The van der Waals surface area contributed by atoms with E-state index in [1.165, 1.54) is 0 Å². The number of aliphatic imine (C=N–C) groups is 1. The number of aromatic nitrogens is 1. The molecule has 0 aliphatic carbocycles. The SMILES string of the molecule is C=Nc1ccc(-c2ccc(C(=O)NCCCCNC(=O)OC(C)(C)C)nc2)cc1/C(Nc1ccccc1)=C(\C)C(=O)NC. The molecule has 4 N–H and O–H groups in total. The second-order valence-electron chi connectivity index (χ2n) is 10.8. The molecule has 0 unspecified atom stereocenters. The van der Waals surface area contributed by atoms with E-state index >= 15 is 0 Å². The average molecular weight is 585 g/mol. The van der Waals surface area contributed by atoms with Gasteiger partial charge in [0.05, 0.1) is 11.4 Å². The molecule has 1 aromatic heterocycles. The topological polar surface area (TPSA) is 134 Å². The van der Waals surface area contributed by atoms with Crippen molar-refractivity contribution in [3.05, 3.63) is 83.7 Å². The first kappa shape index (κ1) is 32.5. The standard InChI is InChI=1S/C33H40N6O4/c1-22(30(40)35-6)29(39-25-12-8-7-9-13-25)26-20-23(14-16-27(26)34-5)24-15-17-28(38-21-24)31(41)36-18-10-11-19-37-32(42)43-33(2,3)4/h7-9,12-17,20-21,39H,5,10-11,18-19H2,1-4,6H3,(H,35,40)(H,36,41)(H,37,42)/b29-22-. The van der Waals surface area contributed by atoms with Gasteiger partial charge in [0.2, 0.25) is 5.91 Å². The van der Waals surface area contributed by atoms with E-state index in [4.69, 9.17) is 4.74 Å². The van der Waals surface area contributed by atoms with Gasteiger partial charge in [-0.2, -0.15) is 0 Å². The van der Waals surface area contributed by atoms with Crippen LogP contribution in [0.2, 0.25) is 0 Å². The first-order chi connectivity index (χ1) is 20.5. The van der Waals surface area contributed by atoms with Gasteiger partial charge in [-0.1, -0.05) is 30.3 Å². The van der Waals surface area contributed by atoms with E-state index in [2.05, 4.69) is 38.0 Å². The van der Waals surface area contributed by atoms with Gasteiger partial charge in [-0.3, -0.25) is 19.6 Å². The maximum Gasteiger partial charge on any atom is 0.407 e. The Kier molecular flexibility index (Phi) is 11.6. The maximum atomic E-state index is 12.6. The van der Waals surface area contributed by atoms with Crippen molar-refractivity contribution in [2.24, 2.45) is 4.99 Å². The van der Waals surface area contributed by atoms with Crippen molar-refractivity contribution in [1.29, 1.82) is 0 Å². The number of rotatable bonds is 12. The van der Waals surface area contributed by atoms with E-state index in [0.717, 1.165) is 16.8 Å². The van der Waals surface area contributed by atoms with Crippen molar-refractivity contribution >= 4 is 41.7 Å². The lowest BCUT2D eigenvalue weighted by Gasteiger charge is -2.19. The number of amides is 3. The molecule has 0 aliphatic rings. The number of benzene rings is 2. The molecule has 3 rings (SSSR count). The number of likely N-dealkylation sites (N-methyl/N-ethyl adjacent to an activating group) is 1. The van der Waals surface area contributed by atoms with Crippen LogP contribution in [-0.2, 0) is 9.53 Å². The molecule has 2 aromatic carbocycles. The largest absolute Gasteiger partial charge is 0.444 e. The number of carbonyl (C=O) groups excluding carboxylic acids is 3. The van der Waals surface area contributed by atoms with Crippen LogP contribution >= 0.6 is 0 Å². The van der Waals surface area contributed by atoms with Gasteiger partial charge in [0, 0.05) is 48.7 Å². The van der Waals surface area contributed by atoms with Gasteiger partial charge in [0.25, 0.3) is 5.91 Å². The molecule has 3 amide bonds. The Morgan fingerprint density at radius 1 is 0.930 bits per heavy atom. The molecule has 0 fully saturated rings. The number of alkyl carbamates (subject to hydrolysis) is 1. The average Bonchev–Trinajstić information content (AvgIpc) is 3.00. The van der Waals surface area contributed by atoms with E-state index in [9.17, 15) is 14.4 Å². The summed E-state index contributed by atoms with van der Waals surface area (Å²) in [5, 5.41) is 11.6. The summed E-state index contributed by atoms with van der Waals surface area (Å²) in [6.45, 7) is 11.8. The van der Waals surface area contributed by atoms with Crippen LogP contribution in [0.5, 0.6) is 0 Å². The number of anilines is 1. The third-order valence-corrected chi connectivity index (χ3v) is 6.31. The fraction of sp³-hybridized carbons (Fsp3) is 0.303. The Morgan fingerprint density at radius 2 is 1.60 bits per heavy atom. The van der Waals surface area contributed by atoms with Crippen molar-refractivity contribution < 1.29 is 19.1 Å². The number of hydrogen-bond acceptors (Lipinski definition) is 7. The smallest absolute Gasteiger partial charge is 0.407 e. The number of ether oxygens (including phenoxy) is 1.